The van der Waals surface area contributed by atoms with Crippen molar-refractivity contribution in [2.75, 3.05) is 0 Å². The molecule has 2 N–H and O–H groups in total. The van der Waals surface area contributed by atoms with Gasteiger partial charge in [-0.2, -0.15) is 5.10 Å². The van der Waals surface area contributed by atoms with Gasteiger partial charge in [-0.3, -0.25) is 9.89 Å². The van der Waals surface area contributed by atoms with Crippen LogP contribution in [-0.4, -0.2) is 21.3 Å². The lowest BCUT2D eigenvalue weighted by Crippen LogP contribution is -2.11. The van der Waals surface area contributed by atoms with Crippen LogP contribution in [-0.2, 0) is 11.2 Å². The van der Waals surface area contributed by atoms with Gasteiger partial charge in [0, 0.05) is 11.8 Å². The molecule has 6 heteroatoms. The van der Waals surface area contributed by atoms with Crippen LogP contribution < -0.4 is 4.74 Å². The van der Waals surface area contributed by atoms with E-state index in [2.05, 4.69) is 22.0 Å². The summed E-state index contributed by atoms with van der Waals surface area (Å²) in [7, 11) is 0. The molecular weight excluding hydrogens is 419 g/mol. The fourth-order valence-electron chi connectivity index (χ4n) is 3.76. The number of aliphatic carboxylic acids is 1. The molecule has 0 aliphatic rings. The molecule has 0 spiro atoms. The van der Waals surface area contributed by atoms with Gasteiger partial charge in [0.25, 0.3) is 0 Å². The molecule has 4 aromatic rings. The molecule has 0 aliphatic heterocycles. The van der Waals surface area contributed by atoms with Crippen LogP contribution in [0.1, 0.15) is 42.1 Å². The Bertz CT molecular complexity index is 1300. The van der Waals surface area contributed by atoms with Crippen molar-refractivity contribution in [3.05, 3.63) is 95.4 Å². The molecule has 166 valence electrons. The number of nitrogens with one attached hydrogen (secondary N) is 1. The average Bonchev–Trinajstić information content (AvgIpc) is 3.28. The van der Waals surface area contributed by atoms with Gasteiger partial charge < -0.3 is 9.84 Å². The lowest BCUT2D eigenvalue weighted by molar-refractivity contribution is -0.137. The van der Waals surface area contributed by atoms with Crippen molar-refractivity contribution in [1.29, 1.82) is 0 Å². The number of carboxylic acid groups (broad SMARTS) is 1. The number of carbonyl (C=O) groups is 1. The van der Waals surface area contributed by atoms with E-state index in [9.17, 15) is 9.18 Å². The number of carboxylic acids is 1. The van der Waals surface area contributed by atoms with E-state index >= 15 is 0 Å². The van der Waals surface area contributed by atoms with Gasteiger partial charge in [-0.15, -0.1) is 5.92 Å². The molecule has 0 aliphatic carbocycles. The van der Waals surface area contributed by atoms with Crippen LogP contribution in [0.2, 0.25) is 0 Å². The number of aromatic amines is 1. The third-order valence-corrected chi connectivity index (χ3v) is 5.43. The van der Waals surface area contributed by atoms with Crippen LogP contribution in [0.3, 0.4) is 0 Å². The summed E-state index contributed by atoms with van der Waals surface area (Å²) in [5.41, 5.74) is 3.64. The van der Waals surface area contributed by atoms with Crippen molar-refractivity contribution >= 4 is 16.9 Å². The molecule has 33 heavy (non-hydrogen) atoms. The Balaban J connectivity index is 1.60. The zero-order valence-corrected chi connectivity index (χ0v) is 18.1. The highest BCUT2D eigenvalue weighted by atomic mass is 19.1. The van der Waals surface area contributed by atoms with E-state index < -0.39 is 5.97 Å². The predicted molar refractivity (Wildman–Crippen MR) is 124 cm³/mol. The maximum absolute atomic E-state index is 13.4. The molecule has 0 radical (unpaired) electrons. The first kappa shape index (κ1) is 22.1. The maximum atomic E-state index is 13.4. The number of benzene rings is 3. The van der Waals surface area contributed by atoms with E-state index in [-0.39, 0.29) is 24.3 Å². The van der Waals surface area contributed by atoms with Crippen LogP contribution in [0.15, 0.2) is 72.9 Å². The van der Waals surface area contributed by atoms with Crippen molar-refractivity contribution < 1.29 is 19.0 Å². The Morgan fingerprint density at radius 2 is 1.82 bits per heavy atom. The van der Waals surface area contributed by atoms with E-state index in [0.29, 0.717) is 12.2 Å². The Hall–Kier alpha value is -4.11. The van der Waals surface area contributed by atoms with Crippen LogP contribution in [0.4, 0.5) is 4.39 Å². The zero-order valence-electron chi connectivity index (χ0n) is 18.1. The second-order valence-electron chi connectivity index (χ2n) is 7.77. The molecule has 0 bridgehead atoms. The monoisotopic (exact) mass is 442 g/mol. The molecule has 1 heterocycles. The number of hydrogen-bond acceptors (Lipinski definition) is 3. The summed E-state index contributed by atoms with van der Waals surface area (Å²) in [6.07, 6.45) is 1.93. The van der Waals surface area contributed by atoms with Crippen molar-refractivity contribution in [2.24, 2.45) is 0 Å². The number of rotatable bonds is 8. The van der Waals surface area contributed by atoms with Gasteiger partial charge in [-0.05, 0) is 53.9 Å². The minimum atomic E-state index is -0.892. The normalized spacial score (nSPS) is 12.5. The van der Waals surface area contributed by atoms with Crippen LogP contribution in [0.25, 0.3) is 10.9 Å². The molecule has 0 fully saturated rings. The largest absolute Gasteiger partial charge is 0.485 e. The summed E-state index contributed by atoms with van der Waals surface area (Å²) in [4.78, 5) is 11.2. The number of ether oxygens (including phenoxy) is 1. The van der Waals surface area contributed by atoms with E-state index in [1.807, 2.05) is 42.5 Å². The van der Waals surface area contributed by atoms with Gasteiger partial charge in [-0.25, -0.2) is 4.39 Å². The zero-order chi connectivity index (χ0) is 23.2. The summed E-state index contributed by atoms with van der Waals surface area (Å²) in [5, 5.41) is 17.2. The highest BCUT2D eigenvalue weighted by Crippen LogP contribution is 2.29. The van der Waals surface area contributed by atoms with Crippen LogP contribution >= 0.6 is 0 Å². The highest BCUT2D eigenvalue weighted by molar-refractivity contribution is 5.78. The summed E-state index contributed by atoms with van der Waals surface area (Å²) >= 11 is 0. The second kappa shape index (κ2) is 10.0. The van der Waals surface area contributed by atoms with E-state index in [4.69, 9.17) is 9.84 Å². The molecule has 5 nitrogen and oxygen atoms in total. The molecule has 1 unspecified atom stereocenters. The van der Waals surface area contributed by atoms with Crippen LogP contribution in [0, 0.1) is 17.7 Å². The quantitative estimate of drug-likeness (QED) is 0.346. The van der Waals surface area contributed by atoms with Crippen molar-refractivity contribution in [3.63, 3.8) is 0 Å². The topological polar surface area (TPSA) is 75.2 Å². The molecule has 3 aromatic carbocycles. The highest BCUT2D eigenvalue weighted by Gasteiger charge is 2.17. The van der Waals surface area contributed by atoms with Gasteiger partial charge in [0.05, 0.1) is 24.1 Å². The number of H-pyrrole nitrogens is 1. The summed E-state index contributed by atoms with van der Waals surface area (Å²) < 4.78 is 19.7. The Morgan fingerprint density at radius 3 is 2.52 bits per heavy atom. The Kier molecular flexibility index (Phi) is 6.70. The second-order valence-corrected chi connectivity index (χ2v) is 7.77. The lowest BCUT2D eigenvalue weighted by Gasteiger charge is -2.21. The van der Waals surface area contributed by atoms with E-state index in [1.165, 1.54) is 12.1 Å². The van der Waals surface area contributed by atoms with Gasteiger partial charge in [0.15, 0.2) is 0 Å². The van der Waals surface area contributed by atoms with E-state index in [1.54, 1.807) is 25.3 Å². The smallest absolute Gasteiger partial charge is 0.304 e. The average molecular weight is 442 g/mol. The van der Waals surface area contributed by atoms with Crippen molar-refractivity contribution in [1.82, 2.24) is 10.2 Å². The summed E-state index contributed by atoms with van der Waals surface area (Å²) in [6, 6.07) is 19.7. The SMILES string of the molecule is CC#CC(CC(=O)O)c1ccc(O[C@@H](Cc2ccc(F)cc2)c2ccc3cn[nH]c3c2)cc1. The van der Waals surface area contributed by atoms with Gasteiger partial charge in [0.2, 0.25) is 0 Å². The number of aromatic nitrogens is 2. The first-order valence-corrected chi connectivity index (χ1v) is 10.6. The number of halogens is 1. The molecule has 4 rings (SSSR count). The Labute approximate surface area is 191 Å². The standard InChI is InChI=1S/C27H23FN2O3/c1-2-3-20(16-27(31)32)19-8-12-24(13-9-19)33-26(14-18-4-10-23(28)11-5-18)21-6-7-22-17-29-30-25(22)15-21/h4-13,15,17,20,26H,14,16H2,1H3,(H,29,30)(H,31,32)/t20?,26-/m0/s1. The maximum Gasteiger partial charge on any atom is 0.304 e. The van der Waals surface area contributed by atoms with Crippen LogP contribution in [0.5, 0.6) is 5.75 Å². The minimum Gasteiger partial charge on any atom is -0.485 e. The molecular formula is C27H23FN2O3. The van der Waals surface area contributed by atoms with Gasteiger partial charge in [-0.1, -0.05) is 42.3 Å². The first-order valence-electron chi connectivity index (χ1n) is 10.6. The molecule has 2 atom stereocenters. The summed E-state index contributed by atoms with van der Waals surface area (Å²) in [5.74, 6) is 4.86. The number of hydrogen-bond donors (Lipinski definition) is 2. The van der Waals surface area contributed by atoms with Gasteiger partial charge >= 0.3 is 5.97 Å². The third kappa shape index (κ3) is 5.58. The number of fused-ring (bicyclic) bond motifs is 1. The fraction of sp³-hybridized carbons (Fsp3) is 0.185. The Morgan fingerprint density at radius 1 is 1.09 bits per heavy atom. The minimum absolute atomic E-state index is 0.0571. The van der Waals surface area contributed by atoms with Crippen molar-refractivity contribution in [2.45, 2.75) is 31.8 Å². The van der Waals surface area contributed by atoms with E-state index in [0.717, 1.165) is 27.6 Å². The third-order valence-electron chi connectivity index (χ3n) is 5.43. The molecule has 1 aromatic heterocycles. The molecule has 0 saturated heterocycles. The first-order chi connectivity index (χ1) is 16.0. The van der Waals surface area contributed by atoms with Crippen molar-refractivity contribution in [3.8, 4) is 17.6 Å². The predicted octanol–water partition coefficient (Wildman–Crippen LogP) is 5.65. The lowest BCUT2D eigenvalue weighted by atomic mass is 9.96. The fourth-order valence-corrected chi connectivity index (χ4v) is 3.76. The number of nitrogens with zero attached hydrogens (tertiary/aromatic N) is 1. The summed E-state index contributed by atoms with van der Waals surface area (Å²) in [6.45, 7) is 1.70. The molecule has 0 amide bonds. The van der Waals surface area contributed by atoms with Gasteiger partial charge in [0.1, 0.15) is 17.7 Å². The molecule has 0 saturated carbocycles.